The van der Waals surface area contributed by atoms with Gasteiger partial charge in [0.1, 0.15) is 6.26 Å². The Labute approximate surface area is 116 Å². The van der Waals surface area contributed by atoms with Gasteiger partial charge < -0.3 is 15.5 Å². The Morgan fingerprint density at radius 3 is 2.40 bits per heavy atom. The summed E-state index contributed by atoms with van der Waals surface area (Å²) < 4.78 is 4.65. The van der Waals surface area contributed by atoms with Crippen molar-refractivity contribution in [3.05, 3.63) is 69.8 Å². The normalized spacial score (nSPS) is 10.2. The zero-order valence-electron chi connectivity index (χ0n) is 11.0. The van der Waals surface area contributed by atoms with Crippen LogP contribution in [0.25, 0.3) is 0 Å². The number of carbonyl (C=O) groups is 1. The van der Waals surface area contributed by atoms with Crippen molar-refractivity contribution in [2.45, 2.75) is 13.0 Å². The Hall–Kier alpha value is -2.40. The molecule has 0 spiro atoms. The van der Waals surface area contributed by atoms with E-state index in [1.165, 1.54) is 17.7 Å². The van der Waals surface area contributed by atoms with Gasteiger partial charge in [0.05, 0.1) is 5.56 Å². The number of amides is 1. The van der Waals surface area contributed by atoms with Crippen molar-refractivity contribution in [3.8, 4) is 0 Å². The van der Waals surface area contributed by atoms with Crippen LogP contribution in [0.15, 0.2) is 51.9 Å². The van der Waals surface area contributed by atoms with E-state index in [2.05, 4.69) is 9.73 Å². The van der Waals surface area contributed by atoms with Crippen molar-refractivity contribution in [1.82, 2.24) is 5.32 Å². The molecule has 3 N–H and O–H groups in total. The predicted octanol–water partition coefficient (Wildman–Crippen LogP) is 1.07. The summed E-state index contributed by atoms with van der Waals surface area (Å²) in [4.78, 5) is 22.6. The lowest BCUT2D eigenvalue weighted by atomic mass is 10.1. The van der Waals surface area contributed by atoms with Gasteiger partial charge in [-0.2, -0.15) is 0 Å². The summed E-state index contributed by atoms with van der Waals surface area (Å²) in [7, 11) is 0. The lowest BCUT2D eigenvalue weighted by Crippen LogP contribution is -2.23. The molecule has 20 heavy (non-hydrogen) atoms. The highest BCUT2D eigenvalue weighted by atomic mass is 16.4. The number of hydrogen-bond acceptors (Lipinski definition) is 4. The molecule has 5 heteroatoms. The molecule has 0 aliphatic rings. The van der Waals surface area contributed by atoms with Gasteiger partial charge in [0.25, 0.3) is 5.91 Å². The quantitative estimate of drug-likeness (QED) is 0.852. The maximum atomic E-state index is 11.8. The first kappa shape index (κ1) is 14.0. The van der Waals surface area contributed by atoms with Gasteiger partial charge in [-0.05, 0) is 30.2 Å². The van der Waals surface area contributed by atoms with Crippen LogP contribution in [-0.4, -0.2) is 12.5 Å². The third-order valence-electron chi connectivity index (χ3n) is 2.87. The molecular formula is C15H16N2O3. The summed E-state index contributed by atoms with van der Waals surface area (Å²) in [6.07, 6.45) is 2.00. The zero-order valence-corrected chi connectivity index (χ0v) is 11.0. The van der Waals surface area contributed by atoms with Gasteiger partial charge in [0.15, 0.2) is 0 Å². The molecule has 0 saturated heterocycles. The van der Waals surface area contributed by atoms with Crippen LogP contribution in [0.4, 0.5) is 0 Å². The van der Waals surface area contributed by atoms with Crippen LogP contribution in [0.3, 0.4) is 0 Å². The lowest BCUT2D eigenvalue weighted by Gasteiger charge is -2.06. The standard InChI is InChI=1S/C15H16N2O3/c16-8-7-11-1-3-12(4-2-11)9-17-15(19)13-5-6-14(18)20-10-13/h1-6,10H,7-9,16H2,(H,17,19). The van der Waals surface area contributed by atoms with Crippen LogP contribution in [-0.2, 0) is 13.0 Å². The molecule has 0 bridgehead atoms. The summed E-state index contributed by atoms with van der Waals surface area (Å²) in [5.74, 6) is -0.278. The molecule has 0 aliphatic heterocycles. The largest absolute Gasteiger partial charge is 0.430 e. The second kappa shape index (κ2) is 6.68. The van der Waals surface area contributed by atoms with Crippen molar-refractivity contribution in [2.75, 3.05) is 6.54 Å². The summed E-state index contributed by atoms with van der Waals surface area (Å²) in [6, 6.07) is 10.6. The fourth-order valence-corrected chi connectivity index (χ4v) is 1.76. The second-order valence-corrected chi connectivity index (χ2v) is 4.38. The minimum atomic E-state index is -0.475. The van der Waals surface area contributed by atoms with E-state index in [0.29, 0.717) is 18.7 Å². The smallest absolute Gasteiger partial charge is 0.335 e. The molecule has 1 heterocycles. The number of carbonyl (C=O) groups excluding carboxylic acids is 1. The number of benzene rings is 1. The van der Waals surface area contributed by atoms with Crippen LogP contribution in [0.5, 0.6) is 0 Å². The van der Waals surface area contributed by atoms with E-state index >= 15 is 0 Å². The number of nitrogens with one attached hydrogen (secondary N) is 1. The maximum absolute atomic E-state index is 11.8. The van der Waals surface area contributed by atoms with Gasteiger partial charge >= 0.3 is 5.63 Å². The van der Waals surface area contributed by atoms with Crippen LogP contribution in [0, 0.1) is 0 Å². The fourth-order valence-electron chi connectivity index (χ4n) is 1.76. The molecule has 5 nitrogen and oxygen atoms in total. The Kier molecular flexibility index (Phi) is 4.68. The van der Waals surface area contributed by atoms with Gasteiger partial charge in [-0.15, -0.1) is 0 Å². The second-order valence-electron chi connectivity index (χ2n) is 4.38. The maximum Gasteiger partial charge on any atom is 0.335 e. The molecule has 0 atom stereocenters. The molecule has 0 unspecified atom stereocenters. The van der Waals surface area contributed by atoms with Crippen molar-refractivity contribution < 1.29 is 9.21 Å². The molecule has 2 aromatic rings. The molecule has 0 fully saturated rings. The summed E-state index contributed by atoms with van der Waals surface area (Å²) in [5.41, 5.74) is 7.50. The van der Waals surface area contributed by atoms with E-state index in [0.717, 1.165) is 18.2 Å². The third-order valence-corrected chi connectivity index (χ3v) is 2.87. The molecule has 1 amide bonds. The van der Waals surface area contributed by atoms with Crippen molar-refractivity contribution in [3.63, 3.8) is 0 Å². The summed E-state index contributed by atoms with van der Waals surface area (Å²) >= 11 is 0. The van der Waals surface area contributed by atoms with Crippen LogP contribution in [0.2, 0.25) is 0 Å². The monoisotopic (exact) mass is 272 g/mol. The third kappa shape index (κ3) is 3.80. The summed E-state index contributed by atoms with van der Waals surface area (Å²) in [6.45, 7) is 1.04. The Morgan fingerprint density at radius 2 is 1.80 bits per heavy atom. The molecule has 0 saturated carbocycles. The van der Waals surface area contributed by atoms with Gasteiger partial charge in [-0.25, -0.2) is 4.79 Å². The van der Waals surface area contributed by atoms with E-state index in [1.54, 1.807) is 0 Å². The topological polar surface area (TPSA) is 85.3 Å². The molecule has 104 valence electrons. The first-order chi connectivity index (χ1) is 9.69. The van der Waals surface area contributed by atoms with Crippen LogP contribution < -0.4 is 16.7 Å². The number of hydrogen-bond donors (Lipinski definition) is 2. The SMILES string of the molecule is NCCc1ccc(CNC(=O)c2ccc(=O)oc2)cc1. The zero-order chi connectivity index (χ0) is 14.4. The molecule has 2 rings (SSSR count). The Balaban J connectivity index is 1.92. The molecule has 0 radical (unpaired) electrons. The van der Waals surface area contributed by atoms with E-state index in [-0.39, 0.29) is 5.91 Å². The highest BCUT2D eigenvalue weighted by molar-refractivity contribution is 5.93. The van der Waals surface area contributed by atoms with Crippen LogP contribution >= 0.6 is 0 Å². The minimum Gasteiger partial charge on any atom is -0.430 e. The van der Waals surface area contributed by atoms with E-state index in [4.69, 9.17) is 5.73 Å². The van der Waals surface area contributed by atoms with E-state index in [9.17, 15) is 9.59 Å². The van der Waals surface area contributed by atoms with Gasteiger partial charge in [-0.3, -0.25) is 4.79 Å². The van der Waals surface area contributed by atoms with Gasteiger partial charge in [0.2, 0.25) is 0 Å². The average Bonchev–Trinajstić information content (AvgIpc) is 2.47. The molecule has 1 aromatic carbocycles. The fraction of sp³-hybridized carbons (Fsp3) is 0.200. The van der Waals surface area contributed by atoms with Crippen molar-refractivity contribution in [2.24, 2.45) is 5.73 Å². The average molecular weight is 272 g/mol. The van der Waals surface area contributed by atoms with E-state index < -0.39 is 5.63 Å². The Morgan fingerprint density at radius 1 is 1.10 bits per heavy atom. The van der Waals surface area contributed by atoms with Gasteiger partial charge in [-0.1, -0.05) is 24.3 Å². The highest BCUT2D eigenvalue weighted by Gasteiger charge is 2.05. The Bertz CT molecular complexity index is 612. The first-order valence-electron chi connectivity index (χ1n) is 6.34. The van der Waals surface area contributed by atoms with Crippen molar-refractivity contribution >= 4 is 5.91 Å². The number of nitrogens with two attached hydrogens (primary N) is 1. The van der Waals surface area contributed by atoms with Crippen LogP contribution in [0.1, 0.15) is 21.5 Å². The number of rotatable bonds is 5. The lowest BCUT2D eigenvalue weighted by molar-refractivity contribution is 0.0948. The predicted molar refractivity (Wildman–Crippen MR) is 75.3 cm³/mol. The van der Waals surface area contributed by atoms with Crippen molar-refractivity contribution in [1.29, 1.82) is 0 Å². The first-order valence-corrected chi connectivity index (χ1v) is 6.34. The molecule has 0 aliphatic carbocycles. The van der Waals surface area contributed by atoms with E-state index in [1.807, 2.05) is 24.3 Å². The minimum absolute atomic E-state index is 0.278. The molecule has 1 aromatic heterocycles. The summed E-state index contributed by atoms with van der Waals surface area (Å²) in [5, 5.41) is 2.76. The highest BCUT2D eigenvalue weighted by Crippen LogP contribution is 2.05. The molecular weight excluding hydrogens is 256 g/mol. The van der Waals surface area contributed by atoms with Gasteiger partial charge in [0, 0.05) is 12.6 Å².